The minimum Gasteiger partial charge on any atom is -0.354 e. The zero-order valence-corrected chi connectivity index (χ0v) is 13.3. The predicted octanol–water partition coefficient (Wildman–Crippen LogP) is 1.63. The minimum atomic E-state index is -0.145. The van der Waals surface area contributed by atoms with Gasteiger partial charge in [0.05, 0.1) is 0 Å². The summed E-state index contributed by atoms with van der Waals surface area (Å²) >= 11 is 0. The second kappa shape index (κ2) is 6.24. The predicted molar refractivity (Wildman–Crippen MR) is 87.7 cm³/mol. The van der Waals surface area contributed by atoms with Crippen LogP contribution in [0.2, 0.25) is 0 Å². The average molecular weight is 312 g/mol. The summed E-state index contributed by atoms with van der Waals surface area (Å²) in [6, 6.07) is 7.55. The number of ketones is 1. The van der Waals surface area contributed by atoms with Crippen molar-refractivity contribution in [2.75, 3.05) is 18.0 Å². The Labute approximate surface area is 135 Å². The summed E-state index contributed by atoms with van der Waals surface area (Å²) in [5.41, 5.74) is 1.06. The average Bonchev–Trinajstić information content (AvgIpc) is 3.15. The highest BCUT2D eigenvalue weighted by atomic mass is 16.2. The first kappa shape index (κ1) is 15.3. The van der Waals surface area contributed by atoms with Crippen LogP contribution in [0.3, 0.4) is 0 Å². The summed E-state index contributed by atoms with van der Waals surface area (Å²) in [7, 11) is 1.77. The van der Waals surface area contributed by atoms with E-state index in [2.05, 4.69) is 15.2 Å². The molecule has 3 rings (SSSR count). The van der Waals surface area contributed by atoms with Crippen LogP contribution in [0, 0.1) is 0 Å². The van der Waals surface area contributed by atoms with Crippen LogP contribution in [-0.2, 0) is 7.05 Å². The van der Waals surface area contributed by atoms with Gasteiger partial charge in [-0.1, -0.05) is 6.07 Å². The maximum atomic E-state index is 12.4. The van der Waals surface area contributed by atoms with Gasteiger partial charge in [-0.05, 0) is 31.5 Å². The second-order valence-electron chi connectivity index (χ2n) is 5.87. The number of hydrogen-bond acceptors (Lipinski definition) is 4. The van der Waals surface area contributed by atoms with E-state index in [0.29, 0.717) is 11.3 Å². The zero-order valence-electron chi connectivity index (χ0n) is 13.3. The zero-order chi connectivity index (χ0) is 16.4. The van der Waals surface area contributed by atoms with Crippen molar-refractivity contribution in [3.05, 3.63) is 47.9 Å². The summed E-state index contributed by atoms with van der Waals surface area (Å²) < 4.78 is 1.69. The number of aromatic nitrogens is 2. The first-order valence-corrected chi connectivity index (χ1v) is 7.69. The highest BCUT2D eigenvalue weighted by Gasteiger charge is 2.26. The minimum absolute atomic E-state index is 0.0400. The molecule has 0 spiro atoms. The standard InChI is InChI=1S/C17H20N4O2/c1-12(22)13-9-15(20(2)10-13)17(23)19-14-6-8-21(11-14)16-5-3-4-7-18-16/h3-5,7,9-10,14H,6,8,11H2,1-2H3,(H,19,23)/t14-/m1/s1. The number of nitrogens with zero attached hydrogens (tertiary/aromatic N) is 3. The van der Waals surface area contributed by atoms with Crippen molar-refractivity contribution < 1.29 is 9.59 Å². The van der Waals surface area contributed by atoms with Crippen LogP contribution in [-0.4, -0.2) is 40.4 Å². The molecule has 0 bridgehead atoms. The molecule has 1 amide bonds. The first-order chi connectivity index (χ1) is 11.0. The van der Waals surface area contributed by atoms with Gasteiger partial charge in [-0.2, -0.15) is 0 Å². The largest absolute Gasteiger partial charge is 0.354 e. The van der Waals surface area contributed by atoms with E-state index in [-0.39, 0.29) is 17.7 Å². The number of nitrogens with one attached hydrogen (secondary N) is 1. The Bertz CT molecular complexity index is 723. The molecule has 3 heterocycles. The van der Waals surface area contributed by atoms with E-state index in [1.807, 2.05) is 18.2 Å². The molecule has 120 valence electrons. The lowest BCUT2D eigenvalue weighted by Gasteiger charge is -2.17. The number of aryl methyl sites for hydroxylation is 1. The van der Waals surface area contributed by atoms with Crippen molar-refractivity contribution in [3.63, 3.8) is 0 Å². The molecule has 2 aromatic rings. The molecule has 1 N–H and O–H groups in total. The van der Waals surface area contributed by atoms with Crippen LogP contribution in [0.1, 0.15) is 34.2 Å². The molecule has 0 aliphatic carbocycles. The molecule has 1 saturated heterocycles. The Kier molecular flexibility index (Phi) is 4.14. The smallest absolute Gasteiger partial charge is 0.268 e. The molecule has 1 fully saturated rings. The fourth-order valence-corrected chi connectivity index (χ4v) is 2.87. The number of carbonyl (C=O) groups is 2. The van der Waals surface area contributed by atoms with Gasteiger partial charge < -0.3 is 14.8 Å². The Balaban J connectivity index is 1.64. The molecule has 23 heavy (non-hydrogen) atoms. The maximum Gasteiger partial charge on any atom is 0.268 e. The normalized spacial score (nSPS) is 17.3. The van der Waals surface area contributed by atoms with Gasteiger partial charge in [0.25, 0.3) is 5.91 Å². The summed E-state index contributed by atoms with van der Waals surface area (Å²) in [5, 5.41) is 3.05. The Morgan fingerprint density at radius 2 is 2.17 bits per heavy atom. The van der Waals surface area contributed by atoms with Crippen LogP contribution < -0.4 is 10.2 Å². The molecular weight excluding hydrogens is 292 g/mol. The number of carbonyl (C=O) groups excluding carboxylic acids is 2. The lowest BCUT2D eigenvalue weighted by molar-refractivity contribution is 0.0932. The number of amides is 1. The van der Waals surface area contributed by atoms with E-state index in [0.717, 1.165) is 25.3 Å². The van der Waals surface area contributed by atoms with E-state index in [4.69, 9.17) is 0 Å². The van der Waals surface area contributed by atoms with E-state index < -0.39 is 0 Å². The molecule has 2 aromatic heterocycles. The fourth-order valence-electron chi connectivity index (χ4n) is 2.87. The molecule has 6 heteroatoms. The molecule has 6 nitrogen and oxygen atoms in total. The number of Topliss-reactive ketones (excluding diaryl/α,β-unsaturated/α-hetero) is 1. The van der Waals surface area contributed by atoms with Crippen LogP contribution in [0.15, 0.2) is 36.7 Å². The van der Waals surface area contributed by atoms with Gasteiger partial charge in [0.2, 0.25) is 0 Å². The highest BCUT2D eigenvalue weighted by Crippen LogP contribution is 2.18. The fraction of sp³-hybridized carbons (Fsp3) is 0.353. The van der Waals surface area contributed by atoms with E-state index in [9.17, 15) is 9.59 Å². The number of rotatable bonds is 4. The van der Waals surface area contributed by atoms with Gasteiger partial charge in [-0.3, -0.25) is 9.59 Å². The Morgan fingerprint density at radius 1 is 1.35 bits per heavy atom. The SMILES string of the molecule is CC(=O)c1cc(C(=O)N[C@@H]2CCN(c3ccccn3)C2)n(C)c1. The topological polar surface area (TPSA) is 67.2 Å². The number of anilines is 1. The highest BCUT2D eigenvalue weighted by molar-refractivity contribution is 5.99. The van der Waals surface area contributed by atoms with E-state index >= 15 is 0 Å². The summed E-state index contributed by atoms with van der Waals surface area (Å²) in [5.74, 6) is 0.747. The lowest BCUT2D eigenvalue weighted by Crippen LogP contribution is -2.37. The van der Waals surface area contributed by atoms with Gasteiger partial charge in [0.15, 0.2) is 5.78 Å². The van der Waals surface area contributed by atoms with Crippen LogP contribution in [0.5, 0.6) is 0 Å². The molecule has 0 unspecified atom stereocenters. The van der Waals surface area contributed by atoms with Gasteiger partial charge in [-0.15, -0.1) is 0 Å². The van der Waals surface area contributed by atoms with Crippen molar-refractivity contribution in [2.45, 2.75) is 19.4 Å². The third-order valence-electron chi connectivity index (χ3n) is 4.14. The third kappa shape index (κ3) is 3.26. The lowest BCUT2D eigenvalue weighted by atomic mass is 10.2. The molecular formula is C17H20N4O2. The van der Waals surface area contributed by atoms with E-state index in [1.165, 1.54) is 6.92 Å². The molecule has 1 aliphatic heterocycles. The molecule has 0 aromatic carbocycles. The quantitative estimate of drug-likeness (QED) is 0.871. The van der Waals surface area contributed by atoms with Crippen LogP contribution in [0.4, 0.5) is 5.82 Å². The number of pyridine rings is 1. The molecule has 0 saturated carbocycles. The summed E-state index contributed by atoms with van der Waals surface area (Å²) in [4.78, 5) is 30.3. The first-order valence-electron chi connectivity index (χ1n) is 7.69. The molecule has 1 atom stereocenters. The van der Waals surface area contributed by atoms with Crippen molar-refractivity contribution in [3.8, 4) is 0 Å². The Morgan fingerprint density at radius 3 is 2.83 bits per heavy atom. The van der Waals surface area contributed by atoms with Crippen LogP contribution >= 0.6 is 0 Å². The van der Waals surface area contributed by atoms with Crippen molar-refractivity contribution >= 4 is 17.5 Å². The van der Waals surface area contributed by atoms with Crippen molar-refractivity contribution in [1.82, 2.24) is 14.9 Å². The molecule has 1 aliphatic rings. The van der Waals surface area contributed by atoms with Gasteiger partial charge in [-0.25, -0.2) is 4.98 Å². The molecule has 0 radical (unpaired) electrons. The van der Waals surface area contributed by atoms with Crippen LogP contribution in [0.25, 0.3) is 0 Å². The maximum absolute atomic E-state index is 12.4. The van der Waals surface area contributed by atoms with Crippen molar-refractivity contribution in [2.24, 2.45) is 7.05 Å². The van der Waals surface area contributed by atoms with Gasteiger partial charge in [0.1, 0.15) is 11.5 Å². The van der Waals surface area contributed by atoms with E-state index in [1.54, 1.807) is 30.1 Å². The van der Waals surface area contributed by atoms with Gasteiger partial charge >= 0.3 is 0 Å². The third-order valence-corrected chi connectivity index (χ3v) is 4.14. The summed E-state index contributed by atoms with van der Waals surface area (Å²) in [6.07, 6.45) is 4.34. The number of hydrogen-bond donors (Lipinski definition) is 1. The Hall–Kier alpha value is -2.63. The van der Waals surface area contributed by atoms with Gasteiger partial charge in [0, 0.05) is 44.1 Å². The monoisotopic (exact) mass is 312 g/mol. The second-order valence-corrected chi connectivity index (χ2v) is 5.87. The summed E-state index contributed by atoms with van der Waals surface area (Å²) in [6.45, 7) is 3.11. The van der Waals surface area contributed by atoms with Crippen molar-refractivity contribution in [1.29, 1.82) is 0 Å².